The van der Waals surface area contributed by atoms with Crippen LogP contribution in [0.4, 0.5) is 0 Å². The van der Waals surface area contributed by atoms with Crippen molar-refractivity contribution in [3.05, 3.63) is 41.2 Å². The zero-order valence-corrected chi connectivity index (χ0v) is 14.9. The number of benzene rings is 1. The van der Waals surface area contributed by atoms with Gasteiger partial charge in [-0.2, -0.15) is 5.10 Å². The Morgan fingerprint density at radius 1 is 1.24 bits per heavy atom. The highest BCUT2D eigenvalue weighted by molar-refractivity contribution is 5.44. The third kappa shape index (κ3) is 3.80. The Morgan fingerprint density at radius 3 is 2.88 bits per heavy atom. The Hall–Kier alpha value is -2.05. The summed E-state index contributed by atoms with van der Waals surface area (Å²) >= 11 is 0. The molecule has 2 aliphatic heterocycles. The summed E-state index contributed by atoms with van der Waals surface area (Å²) in [4.78, 5) is 2.44. The lowest BCUT2D eigenvalue weighted by Crippen LogP contribution is -2.31. The molecule has 3 heterocycles. The molecule has 2 aromatic rings. The van der Waals surface area contributed by atoms with Crippen LogP contribution in [0.15, 0.2) is 24.4 Å². The molecule has 6 heteroatoms. The van der Waals surface area contributed by atoms with Crippen molar-refractivity contribution in [1.82, 2.24) is 14.7 Å². The second-order valence-electron chi connectivity index (χ2n) is 6.91. The molecule has 0 bridgehead atoms. The topological polar surface area (TPSA) is 48.8 Å². The summed E-state index contributed by atoms with van der Waals surface area (Å²) in [7, 11) is 1.97. The summed E-state index contributed by atoms with van der Waals surface area (Å²) in [5.41, 5.74) is 3.58. The van der Waals surface area contributed by atoms with Crippen LogP contribution in [0.25, 0.3) is 0 Å². The van der Waals surface area contributed by atoms with Crippen molar-refractivity contribution in [1.29, 1.82) is 0 Å². The average Bonchev–Trinajstić information content (AvgIpc) is 3.29. The number of hydrogen-bond acceptors (Lipinski definition) is 5. The van der Waals surface area contributed by atoms with Crippen LogP contribution >= 0.6 is 0 Å². The van der Waals surface area contributed by atoms with E-state index in [1.165, 1.54) is 11.1 Å². The molecular formula is C19H25N3O3. The SMILES string of the molecule is Cc1nn(C)cc1CN(Cc1ccc2c(c1)OCO2)C[C@@H]1CCCO1. The summed E-state index contributed by atoms with van der Waals surface area (Å²) in [6, 6.07) is 6.20. The van der Waals surface area contributed by atoms with Crippen LogP contribution in [0.2, 0.25) is 0 Å². The van der Waals surface area contributed by atoms with Gasteiger partial charge in [0.15, 0.2) is 11.5 Å². The minimum atomic E-state index is 0.313. The molecule has 0 saturated carbocycles. The average molecular weight is 343 g/mol. The third-order valence-corrected chi connectivity index (χ3v) is 4.84. The van der Waals surface area contributed by atoms with E-state index in [9.17, 15) is 0 Å². The van der Waals surface area contributed by atoms with Gasteiger partial charge in [-0.1, -0.05) is 6.07 Å². The van der Waals surface area contributed by atoms with E-state index in [0.29, 0.717) is 12.9 Å². The molecule has 0 aliphatic carbocycles. The molecule has 1 atom stereocenters. The second kappa shape index (κ2) is 7.06. The zero-order chi connectivity index (χ0) is 17.2. The molecule has 0 unspecified atom stereocenters. The lowest BCUT2D eigenvalue weighted by molar-refractivity contribution is 0.0678. The molecule has 4 rings (SSSR count). The first-order valence-electron chi connectivity index (χ1n) is 8.89. The number of aryl methyl sites for hydroxylation is 2. The normalized spacial score (nSPS) is 19.1. The standard InChI is InChI=1S/C19H25N3O3/c1-14-16(10-21(2)20-14)11-22(12-17-4-3-7-23-17)9-15-5-6-18-19(8-15)25-13-24-18/h5-6,8,10,17H,3-4,7,9,11-13H2,1-2H3/t17-/m0/s1. The van der Waals surface area contributed by atoms with E-state index >= 15 is 0 Å². The fraction of sp³-hybridized carbons (Fsp3) is 0.526. The predicted molar refractivity (Wildman–Crippen MR) is 93.6 cm³/mol. The minimum Gasteiger partial charge on any atom is -0.454 e. The first kappa shape index (κ1) is 16.4. The lowest BCUT2D eigenvalue weighted by atomic mass is 10.1. The van der Waals surface area contributed by atoms with E-state index in [-0.39, 0.29) is 0 Å². The highest BCUT2D eigenvalue weighted by Crippen LogP contribution is 2.33. The number of fused-ring (bicyclic) bond motifs is 1. The highest BCUT2D eigenvalue weighted by Gasteiger charge is 2.21. The largest absolute Gasteiger partial charge is 0.454 e. The van der Waals surface area contributed by atoms with Crippen LogP contribution in [-0.4, -0.2) is 40.7 Å². The van der Waals surface area contributed by atoms with Gasteiger partial charge in [0.1, 0.15) is 0 Å². The van der Waals surface area contributed by atoms with Gasteiger partial charge in [0.05, 0.1) is 11.8 Å². The van der Waals surface area contributed by atoms with E-state index in [1.54, 1.807) is 0 Å². The fourth-order valence-corrected chi connectivity index (χ4v) is 3.60. The number of nitrogens with zero attached hydrogens (tertiary/aromatic N) is 3. The quantitative estimate of drug-likeness (QED) is 0.807. The maximum Gasteiger partial charge on any atom is 0.231 e. The maximum atomic E-state index is 5.86. The molecule has 1 aromatic carbocycles. The Bertz CT molecular complexity index is 738. The van der Waals surface area contributed by atoms with Gasteiger partial charge in [-0.05, 0) is 37.5 Å². The van der Waals surface area contributed by atoms with Gasteiger partial charge < -0.3 is 14.2 Å². The van der Waals surface area contributed by atoms with Crippen LogP contribution in [0, 0.1) is 6.92 Å². The summed E-state index contributed by atoms with van der Waals surface area (Å²) < 4.78 is 18.7. The van der Waals surface area contributed by atoms with Gasteiger partial charge in [0, 0.05) is 45.0 Å². The molecular weight excluding hydrogens is 318 g/mol. The molecule has 25 heavy (non-hydrogen) atoms. The van der Waals surface area contributed by atoms with Crippen molar-refractivity contribution in [3.63, 3.8) is 0 Å². The second-order valence-corrected chi connectivity index (χ2v) is 6.91. The fourth-order valence-electron chi connectivity index (χ4n) is 3.60. The van der Waals surface area contributed by atoms with E-state index < -0.39 is 0 Å². The summed E-state index contributed by atoms with van der Waals surface area (Å²) in [6.45, 7) is 5.92. The van der Waals surface area contributed by atoms with Crippen LogP contribution in [0.5, 0.6) is 11.5 Å². The summed E-state index contributed by atoms with van der Waals surface area (Å²) in [6.07, 6.45) is 4.74. The van der Waals surface area contributed by atoms with Gasteiger partial charge in [0.2, 0.25) is 6.79 Å². The monoisotopic (exact) mass is 343 g/mol. The molecule has 0 radical (unpaired) electrons. The van der Waals surface area contributed by atoms with Crippen molar-refractivity contribution in [2.75, 3.05) is 19.9 Å². The highest BCUT2D eigenvalue weighted by atomic mass is 16.7. The number of hydrogen-bond donors (Lipinski definition) is 0. The first-order valence-corrected chi connectivity index (χ1v) is 8.89. The third-order valence-electron chi connectivity index (χ3n) is 4.84. The van der Waals surface area contributed by atoms with Crippen molar-refractivity contribution < 1.29 is 14.2 Å². The van der Waals surface area contributed by atoms with Crippen LogP contribution in [0.1, 0.15) is 29.7 Å². The van der Waals surface area contributed by atoms with Gasteiger partial charge >= 0.3 is 0 Å². The summed E-state index contributed by atoms with van der Waals surface area (Å²) in [5.74, 6) is 1.67. The Labute approximate surface area is 148 Å². The molecule has 134 valence electrons. The summed E-state index contributed by atoms with van der Waals surface area (Å²) in [5, 5.41) is 4.47. The van der Waals surface area contributed by atoms with Crippen molar-refractivity contribution in [3.8, 4) is 11.5 Å². The Morgan fingerprint density at radius 2 is 2.12 bits per heavy atom. The number of ether oxygens (including phenoxy) is 3. The molecule has 6 nitrogen and oxygen atoms in total. The van der Waals surface area contributed by atoms with E-state index in [4.69, 9.17) is 14.2 Å². The van der Waals surface area contributed by atoms with E-state index in [0.717, 1.165) is 56.3 Å². The van der Waals surface area contributed by atoms with E-state index in [1.807, 2.05) is 17.8 Å². The smallest absolute Gasteiger partial charge is 0.231 e. The van der Waals surface area contributed by atoms with Crippen LogP contribution in [-0.2, 0) is 24.9 Å². The number of aromatic nitrogens is 2. The molecule has 1 aromatic heterocycles. The predicted octanol–water partition coefficient (Wildman–Crippen LogP) is 2.64. The molecule has 2 aliphatic rings. The minimum absolute atomic E-state index is 0.313. The molecule has 0 amide bonds. The van der Waals surface area contributed by atoms with Crippen molar-refractivity contribution in [2.45, 2.75) is 39.0 Å². The van der Waals surface area contributed by atoms with Gasteiger partial charge in [-0.25, -0.2) is 0 Å². The van der Waals surface area contributed by atoms with Crippen LogP contribution in [0.3, 0.4) is 0 Å². The van der Waals surface area contributed by atoms with Gasteiger partial charge in [0.25, 0.3) is 0 Å². The first-order chi connectivity index (χ1) is 12.2. The maximum absolute atomic E-state index is 5.86. The van der Waals surface area contributed by atoms with Crippen molar-refractivity contribution in [2.24, 2.45) is 7.05 Å². The molecule has 0 N–H and O–H groups in total. The van der Waals surface area contributed by atoms with Crippen LogP contribution < -0.4 is 9.47 Å². The Kier molecular flexibility index (Phi) is 4.63. The van der Waals surface area contributed by atoms with Gasteiger partial charge in [-0.3, -0.25) is 9.58 Å². The van der Waals surface area contributed by atoms with E-state index in [2.05, 4.69) is 35.3 Å². The molecule has 0 spiro atoms. The molecule has 1 fully saturated rings. The lowest BCUT2D eigenvalue weighted by Gasteiger charge is -2.25. The zero-order valence-electron chi connectivity index (χ0n) is 14.9. The molecule has 1 saturated heterocycles. The van der Waals surface area contributed by atoms with Crippen molar-refractivity contribution >= 4 is 0 Å². The van der Waals surface area contributed by atoms with Gasteiger partial charge in [-0.15, -0.1) is 0 Å². The Balaban J connectivity index is 1.50. The number of rotatable bonds is 6.